The molecule has 0 amide bonds. The first kappa shape index (κ1) is 12.1. The highest BCUT2D eigenvalue weighted by atomic mass is 32.2. The topological polar surface area (TPSA) is 24.4 Å². The number of hydrogen-bond acceptors (Lipinski definition) is 3. The molecule has 1 unspecified atom stereocenters. The summed E-state index contributed by atoms with van der Waals surface area (Å²) in [6.45, 7) is 4.44. The van der Waals surface area contributed by atoms with Crippen molar-refractivity contribution in [2.24, 2.45) is 4.99 Å². The van der Waals surface area contributed by atoms with Crippen LogP contribution in [0, 0.1) is 0 Å². The van der Waals surface area contributed by atoms with Gasteiger partial charge in [-0.3, -0.25) is 4.99 Å². The van der Waals surface area contributed by atoms with Crippen molar-refractivity contribution in [1.82, 2.24) is 0 Å². The standard InChI is InChI=1S/C15H20N2S/c1-3-15(2)10-18-14(17-15)16-13-8-7-11-5-4-6-12(11)9-13/h7-9H,3-6,10H2,1-2H3,(H,16,17). The molecule has 3 heteroatoms. The van der Waals surface area contributed by atoms with Gasteiger partial charge >= 0.3 is 0 Å². The van der Waals surface area contributed by atoms with Crippen molar-refractivity contribution in [3.63, 3.8) is 0 Å². The minimum absolute atomic E-state index is 0.129. The maximum absolute atomic E-state index is 4.80. The molecule has 1 aromatic rings. The Balaban J connectivity index is 1.76. The Hall–Kier alpha value is -0.960. The largest absolute Gasteiger partial charge is 0.335 e. The number of amidine groups is 1. The van der Waals surface area contributed by atoms with Crippen LogP contribution in [0.1, 0.15) is 37.8 Å². The number of aliphatic imine (C=N–C) groups is 1. The van der Waals surface area contributed by atoms with E-state index in [9.17, 15) is 0 Å². The fraction of sp³-hybridized carbons (Fsp3) is 0.533. The summed E-state index contributed by atoms with van der Waals surface area (Å²) in [4.78, 5) is 4.80. The second-order valence-electron chi connectivity index (χ2n) is 5.52. The van der Waals surface area contributed by atoms with Gasteiger partial charge in [-0.1, -0.05) is 24.8 Å². The van der Waals surface area contributed by atoms with E-state index in [0.717, 1.165) is 17.3 Å². The molecular weight excluding hydrogens is 240 g/mol. The van der Waals surface area contributed by atoms with Crippen LogP contribution in [-0.2, 0) is 12.8 Å². The first-order chi connectivity index (χ1) is 8.68. The van der Waals surface area contributed by atoms with Gasteiger partial charge in [0.1, 0.15) is 0 Å². The average molecular weight is 260 g/mol. The molecule has 0 spiro atoms. The number of hydrogen-bond donors (Lipinski definition) is 1. The molecule has 0 fully saturated rings. The van der Waals surface area contributed by atoms with Gasteiger partial charge in [-0.25, -0.2) is 0 Å². The second kappa shape index (κ2) is 4.61. The molecule has 0 aromatic heterocycles. The van der Waals surface area contributed by atoms with Crippen LogP contribution >= 0.6 is 11.8 Å². The Bertz CT molecular complexity index is 495. The highest BCUT2D eigenvalue weighted by molar-refractivity contribution is 8.14. The maximum Gasteiger partial charge on any atom is 0.161 e. The van der Waals surface area contributed by atoms with Crippen molar-refractivity contribution in [2.75, 3.05) is 11.1 Å². The smallest absolute Gasteiger partial charge is 0.161 e. The Morgan fingerprint density at radius 2 is 2.17 bits per heavy atom. The summed E-state index contributed by atoms with van der Waals surface area (Å²) < 4.78 is 0. The Morgan fingerprint density at radius 1 is 1.33 bits per heavy atom. The summed E-state index contributed by atoms with van der Waals surface area (Å²) in [6, 6.07) is 6.76. The summed E-state index contributed by atoms with van der Waals surface area (Å²) in [5, 5.41) is 4.55. The summed E-state index contributed by atoms with van der Waals surface area (Å²) in [7, 11) is 0. The zero-order valence-electron chi connectivity index (χ0n) is 11.1. The van der Waals surface area contributed by atoms with Crippen LogP contribution < -0.4 is 5.32 Å². The molecule has 1 aliphatic carbocycles. The monoisotopic (exact) mass is 260 g/mol. The van der Waals surface area contributed by atoms with E-state index < -0.39 is 0 Å². The summed E-state index contributed by atoms with van der Waals surface area (Å²) >= 11 is 1.84. The van der Waals surface area contributed by atoms with E-state index in [-0.39, 0.29) is 5.54 Å². The van der Waals surface area contributed by atoms with E-state index >= 15 is 0 Å². The van der Waals surface area contributed by atoms with Crippen LogP contribution in [0.2, 0.25) is 0 Å². The van der Waals surface area contributed by atoms with Gasteiger partial charge in [-0.15, -0.1) is 0 Å². The third kappa shape index (κ3) is 2.28. The maximum atomic E-state index is 4.80. The molecule has 1 aromatic carbocycles. The predicted molar refractivity (Wildman–Crippen MR) is 80.7 cm³/mol. The Labute approximate surface area is 113 Å². The number of nitrogens with one attached hydrogen (secondary N) is 1. The molecule has 1 aliphatic heterocycles. The molecule has 0 bridgehead atoms. The number of anilines is 1. The minimum Gasteiger partial charge on any atom is -0.335 e. The van der Waals surface area contributed by atoms with Crippen LogP contribution in [0.15, 0.2) is 23.2 Å². The Morgan fingerprint density at radius 3 is 2.94 bits per heavy atom. The zero-order chi connectivity index (χ0) is 12.6. The van der Waals surface area contributed by atoms with Crippen LogP contribution in [0.4, 0.5) is 5.69 Å². The van der Waals surface area contributed by atoms with Gasteiger partial charge in [-0.05, 0) is 55.9 Å². The molecule has 2 nitrogen and oxygen atoms in total. The molecule has 1 heterocycles. The van der Waals surface area contributed by atoms with Crippen molar-refractivity contribution < 1.29 is 0 Å². The third-order valence-corrected chi connectivity index (χ3v) is 5.24. The number of benzene rings is 1. The molecule has 3 rings (SSSR count). The molecule has 0 saturated carbocycles. The van der Waals surface area contributed by atoms with Crippen molar-refractivity contribution in [2.45, 2.75) is 45.1 Å². The lowest BCUT2D eigenvalue weighted by Gasteiger charge is -2.15. The first-order valence-electron chi connectivity index (χ1n) is 6.80. The number of fused-ring (bicyclic) bond motifs is 1. The van der Waals surface area contributed by atoms with Crippen molar-refractivity contribution in [1.29, 1.82) is 0 Å². The molecule has 0 saturated heterocycles. The molecular formula is C15H20N2S. The third-order valence-electron chi connectivity index (χ3n) is 4.00. The normalized spacial score (nSPS) is 26.0. The van der Waals surface area contributed by atoms with Crippen molar-refractivity contribution in [3.8, 4) is 0 Å². The van der Waals surface area contributed by atoms with Crippen LogP contribution in [0.3, 0.4) is 0 Å². The fourth-order valence-corrected chi connectivity index (χ4v) is 3.74. The van der Waals surface area contributed by atoms with Gasteiger partial charge in [0.2, 0.25) is 0 Å². The van der Waals surface area contributed by atoms with E-state index in [2.05, 4.69) is 37.4 Å². The highest BCUT2D eigenvalue weighted by Crippen LogP contribution is 2.31. The van der Waals surface area contributed by atoms with Crippen molar-refractivity contribution in [3.05, 3.63) is 29.3 Å². The summed E-state index contributed by atoms with van der Waals surface area (Å²) in [6.07, 6.45) is 4.90. The van der Waals surface area contributed by atoms with Gasteiger partial charge < -0.3 is 5.32 Å². The van der Waals surface area contributed by atoms with Gasteiger partial charge in [0.05, 0.1) is 5.54 Å². The van der Waals surface area contributed by atoms with E-state index in [1.807, 2.05) is 11.8 Å². The highest BCUT2D eigenvalue weighted by Gasteiger charge is 2.28. The van der Waals surface area contributed by atoms with Gasteiger partial charge in [0.15, 0.2) is 5.17 Å². The number of nitrogens with zero attached hydrogens (tertiary/aromatic N) is 1. The molecule has 96 valence electrons. The predicted octanol–water partition coefficient (Wildman–Crippen LogP) is 3.86. The second-order valence-corrected chi connectivity index (χ2v) is 6.48. The fourth-order valence-electron chi connectivity index (χ4n) is 2.55. The van der Waals surface area contributed by atoms with Crippen LogP contribution in [0.25, 0.3) is 0 Å². The van der Waals surface area contributed by atoms with E-state index in [1.54, 1.807) is 0 Å². The van der Waals surface area contributed by atoms with Gasteiger partial charge in [0.25, 0.3) is 0 Å². The van der Waals surface area contributed by atoms with E-state index in [4.69, 9.17) is 4.99 Å². The molecule has 1 atom stereocenters. The minimum atomic E-state index is 0.129. The zero-order valence-corrected chi connectivity index (χ0v) is 11.9. The Kier molecular flexibility index (Phi) is 3.10. The molecule has 2 aliphatic rings. The van der Waals surface area contributed by atoms with Crippen LogP contribution in [0.5, 0.6) is 0 Å². The number of aryl methyl sites for hydroxylation is 2. The van der Waals surface area contributed by atoms with Crippen molar-refractivity contribution >= 4 is 22.6 Å². The lowest BCUT2D eigenvalue weighted by Crippen LogP contribution is -2.20. The lowest BCUT2D eigenvalue weighted by molar-refractivity contribution is 0.523. The number of rotatable bonds is 2. The van der Waals surface area contributed by atoms with E-state index in [1.165, 1.54) is 36.1 Å². The lowest BCUT2D eigenvalue weighted by atomic mass is 10.0. The quantitative estimate of drug-likeness (QED) is 0.873. The SMILES string of the molecule is CCC1(C)CSC(Nc2ccc3c(c2)CCC3)=N1. The average Bonchev–Trinajstić information content (AvgIpc) is 2.96. The summed E-state index contributed by atoms with van der Waals surface area (Å²) in [5.41, 5.74) is 4.37. The van der Waals surface area contributed by atoms with Crippen LogP contribution in [-0.4, -0.2) is 16.5 Å². The number of thioether (sulfide) groups is 1. The van der Waals surface area contributed by atoms with Gasteiger partial charge in [-0.2, -0.15) is 0 Å². The first-order valence-corrected chi connectivity index (χ1v) is 7.78. The molecule has 18 heavy (non-hydrogen) atoms. The molecule has 0 radical (unpaired) electrons. The molecule has 1 N–H and O–H groups in total. The van der Waals surface area contributed by atoms with E-state index in [0.29, 0.717) is 0 Å². The van der Waals surface area contributed by atoms with Gasteiger partial charge in [0, 0.05) is 11.4 Å². The summed E-state index contributed by atoms with van der Waals surface area (Å²) in [5.74, 6) is 1.09.